The van der Waals surface area contributed by atoms with Gasteiger partial charge in [0, 0.05) is 58.3 Å². The predicted molar refractivity (Wildman–Crippen MR) is 115 cm³/mol. The molecule has 3 saturated heterocycles. The standard InChI is InChI=1S/C23H33N5O2/c29-22-4-3-21(23(30)25-22)28-15-18-2-1-17(13-19(18)16-28)14-26-9-11-27(12-10-26)20-5-7-24-8-6-20/h1-2,13,20-21,24H,3-12,14-16H2,(H,25,29,30). The van der Waals surface area contributed by atoms with Crippen molar-refractivity contribution in [3.05, 3.63) is 34.9 Å². The number of nitrogens with zero attached hydrogens (tertiary/aromatic N) is 3. The van der Waals surface area contributed by atoms with Gasteiger partial charge in [0.1, 0.15) is 0 Å². The Morgan fingerprint density at radius 1 is 0.900 bits per heavy atom. The van der Waals surface area contributed by atoms with E-state index in [1.807, 2.05) is 0 Å². The van der Waals surface area contributed by atoms with Crippen LogP contribution in [0.1, 0.15) is 42.4 Å². The Hall–Kier alpha value is -1.80. The smallest absolute Gasteiger partial charge is 0.243 e. The maximum absolute atomic E-state index is 12.2. The Labute approximate surface area is 178 Å². The van der Waals surface area contributed by atoms with Crippen LogP contribution in [0.4, 0.5) is 0 Å². The lowest BCUT2D eigenvalue weighted by molar-refractivity contribution is -0.137. The van der Waals surface area contributed by atoms with Crippen molar-refractivity contribution >= 4 is 11.8 Å². The zero-order valence-electron chi connectivity index (χ0n) is 17.7. The zero-order valence-corrected chi connectivity index (χ0v) is 17.7. The van der Waals surface area contributed by atoms with Crippen LogP contribution in [0.3, 0.4) is 0 Å². The number of piperazine rings is 1. The van der Waals surface area contributed by atoms with Crippen LogP contribution >= 0.6 is 0 Å². The summed E-state index contributed by atoms with van der Waals surface area (Å²) in [6.07, 6.45) is 3.65. The first kappa shape index (κ1) is 20.1. The third-order valence-corrected chi connectivity index (χ3v) is 7.31. The number of fused-ring (bicyclic) bond motifs is 1. The lowest BCUT2D eigenvalue weighted by Gasteiger charge is -2.41. The fourth-order valence-corrected chi connectivity index (χ4v) is 5.54. The van der Waals surface area contributed by atoms with Crippen molar-refractivity contribution in [2.75, 3.05) is 39.3 Å². The Morgan fingerprint density at radius 3 is 2.43 bits per heavy atom. The van der Waals surface area contributed by atoms with Crippen molar-refractivity contribution in [1.29, 1.82) is 0 Å². The molecule has 0 aliphatic carbocycles. The van der Waals surface area contributed by atoms with Crippen molar-refractivity contribution in [1.82, 2.24) is 25.3 Å². The van der Waals surface area contributed by atoms with Gasteiger partial charge in [0.15, 0.2) is 0 Å². The lowest BCUT2D eigenvalue weighted by atomic mass is 10.0. The summed E-state index contributed by atoms with van der Waals surface area (Å²) in [5, 5.41) is 5.96. The summed E-state index contributed by atoms with van der Waals surface area (Å²) in [7, 11) is 0. The van der Waals surface area contributed by atoms with E-state index in [1.54, 1.807) is 0 Å². The third kappa shape index (κ3) is 4.30. The first-order valence-electron chi connectivity index (χ1n) is 11.5. The molecule has 4 heterocycles. The van der Waals surface area contributed by atoms with Gasteiger partial charge < -0.3 is 5.32 Å². The Bertz CT molecular complexity index is 799. The summed E-state index contributed by atoms with van der Waals surface area (Å²) >= 11 is 0. The number of imide groups is 1. The minimum atomic E-state index is -0.179. The summed E-state index contributed by atoms with van der Waals surface area (Å²) in [6, 6.07) is 7.42. The van der Waals surface area contributed by atoms with Crippen LogP contribution in [0.15, 0.2) is 18.2 Å². The fraction of sp³-hybridized carbons (Fsp3) is 0.652. The van der Waals surface area contributed by atoms with E-state index in [9.17, 15) is 9.59 Å². The summed E-state index contributed by atoms with van der Waals surface area (Å²) < 4.78 is 0. The molecule has 3 fully saturated rings. The average molecular weight is 412 g/mol. The van der Waals surface area contributed by atoms with Crippen LogP contribution in [-0.2, 0) is 29.2 Å². The van der Waals surface area contributed by atoms with Gasteiger partial charge in [-0.05, 0) is 49.0 Å². The van der Waals surface area contributed by atoms with Crippen LogP contribution in [0.25, 0.3) is 0 Å². The van der Waals surface area contributed by atoms with E-state index < -0.39 is 0 Å². The molecule has 0 saturated carbocycles. The molecular formula is C23H33N5O2. The third-order valence-electron chi connectivity index (χ3n) is 7.31. The van der Waals surface area contributed by atoms with Gasteiger partial charge in [-0.2, -0.15) is 0 Å². The van der Waals surface area contributed by atoms with Crippen LogP contribution in [0.2, 0.25) is 0 Å². The molecule has 4 aliphatic rings. The normalized spacial score (nSPS) is 27.3. The van der Waals surface area contributed by atoms with E-state index in [0.717, 1.165) is 51.9 Å². The largest absolute Gasteiger partial charge is 0.317 e. The van der Waals surface area contributed by atoms with Gasteiger partial charge in [-0.25, -0.2) is 0 Å². The molecule has 162 valence electrons. The Balaban J connectivity index is 1.15. The highest BCUT2D eigenvalue weighted by atomic mass is 16.2. The lowest BCUT2D eigenvalue weighted by Crippen LogP contribution is -2.52. The van der Waals surface area contributed by atoms with Crippen LogP contribution in [-0.4, -0.2) is 77.9 Å². The van der Waals surface area contributed by atoms with Gasteiger partial charge in [0.25, 0.3) is 0 Å². The quantitative estimate of drug-likeness (QED) is 0.711. The van der Waals surface area contributed by atoms with Gasteiger partial charge in [0.2, 0.25) is 11.8 Å². The van der Waals surface area contributed by atoms with Crippen LogP contribution in [0.5, 0.6) is 0 Å². The van der Waals surface area contributed by atoms with Gasteiger partial charge in [-0.15, -0.1) is 0 Å². The summed E-state index contributed by atoms with van der Waals surface area (Å²) in [4.78, 5) is 31.1. The highest BCUT2D eigenvalue weighted by Gasteiger charge is 2.34. The number of carbonyl (C=O) groups is 2. The van der Waals surface area contributed by atoms with E-state index in [2.05, 4.69) is 43.5 Å². The number of nitrogens with one attached hydrogen (secondary N) is 2. The molecule has 5 rings (SSSR count). The second-order valence-electron chi connectivity index (χ2n) is 9.27. The van der Waals surface area contributed by atoms with Crippen molar-refractivity contribution in [2.24, 2.45) is 0 Å². The molecule has 4 aliphatic heterocycles. The SMILES string of the molecule is O=C1CCC(N2Cc3ccc(CN4CCN(C5CCNCC5)CC4)cc3C2)C(=O)N1. The van der Waals surface area contributed by atoms with Gasteiger partial charge >= 0.3 is 0 Å². The number of rotatable bonds is 4. The molecule has 1 aromatic rings. The number of hydrogen-bond donors (Lipinski definition) is 2. The van der Waals surface area contributed by atoms with Gasteiger partial charge in [0.05, 0.1) is 6.04 Å². The number of carbonyl (C=O) groups excluding carboxylic acids is 2. The molecule has 1 unspecified atom stereocenters. The first-order chi connectivity index (χ1) is 14.7. The van der Waals surface area contributed by atoms with E-state index in [-0.39, 0.29) is 17.9 Å². The maximum atomic E-state index is 12.2. The Morgan fingerprint density at radius 2 is 1.67 bits per heavy atom. The molecule has 30 heavy (non-hydrogen) atoms. The van der Waals surface area contributed by atoms with Crippen LogP contribution < -0.4 is 10.6 Å². The van der Waals surface area contributed by atoms with E-state index in [0.29, 0.717) is 12.8 Å². The highest BCUT2D eigenvalue weighted by molar-refractivity contribution is 6.00. The maximum Gasteiger partial charge on any atom is 0.243 e. The highest BCUT2D eigenvalue weighted by Crippen LogP contribution is 2.28. The molecule has 2 amide bonds. The summed E-state index contributed by atoms with van der Waals surface area (Å²) in [5.41, 5.74) is 4.03. The molecular weight excluding hydrogens is 378 g/mol. The van der Waals surface area contributed by atoms with Crippen LogP contribution in [0, 0.1) is 0 Å². The molecule has 0 bridgehead atoms. The molecule has 2 N–H and O–H groups in total. The summed E-state index contributed by atoms with van der Waals surface area (Å²) in [5.74, 6) is -0.276. The second kappa shape index (κ2) is 8.75. The van der Waals surface area contributed by atoms with Crippen molar-refractivity contribution < 1.29 is 9.59 Å². The number of amides is 2. The predicted octanol–water partition coefficient (Wildman–Crippen LogP) is 0.677. The Kier molecular flexibility index (Phi) is 5.87. The minimum absolute atomic E-state index is 0.133. The molecule has 7 heteroatoms. The van der Waals surface area contributed by atoms with E-state index >= 15 is 0 Å². The monoisotopic (exact) mass is 411 g/mol. The molecule has 0 aromatic heterocycles. The number of benzene rings is 1. The van der Waals surface area contributed by atoms with Gasteiger partial charge in [-0.1, -0.05) is 18.2 Å². The topological polar surface area (TPSA) is 67.9 Å². The number of hydrogen-bond acceptors (Lipinski definition) is 6. The average Bonchev–Trinajstić information content (AvgIpc) is 3.18. The van der Waals surface area contributed by atoms with Crippen molar-refractivity contribution in [3.8, 4) is 0 Å². The molecule has 1 atom stereocenters. The van der Waals surface area contributed by atoms with Gasteiger partial charge in [-0.3, -0.25) is 29.6 Å². The van der Waals surface area contributed by atoms with Crippen molar-refractivity contribution in [2.45, 2.75) is 57.4 Å². The molecule has 1 aromatic carbocycles. The molecule has 0 radical (unpaired) electrons. The summed E-state index contributed by atoms with van der Waals surface area (Å²) in [6.45, 7) is 9.58. The zero-order chi connectivity index (χ0) is 20.5. The van der Waals surface area contributed by atoms with E-state index in [1.165, 1.54) is 42.6 Å². The second-order valence-corrected chi connectivity index (χ2v) is 9.27. The first-order valence-corrected chi connectivity index (χ1v) is 11.5. The number of piperidine rings is 2. The molecule has 7 nitrogen and oxygen atoms in total. The minimum Gasteiger partial charge on any atom is -0.317 e. The molecule has 0 spiro atoms. The van der Waals surface area contributed by atoms with Crippen molar-refractivity contribution in [3.63, 3.8) is 0 Å². The van der Waals surface area contributed by atoms with E-state index in [4.69, 9.17) is 0 Å². The fourth-order valence-electron chi connectivity index (χ4n) is 5.54.